The average Bonchev–Trinajstić information content (AvgIpc) is 2.47. The lowest BCUT2D eigenvalue weighted by atomic mass is 10.2. The number of rotatable bonds is 8. The fourth-order valence-corrected chi connectivity index (χ4v) is 2.49. The second kappa shape index (κ2) is 9.59. The van der Waals surface area contributed by atoms with Gasteiger partial charge >= 0.3 is 5.97 Å². The maximum Gasteiger partial charge on any atom is 0.326 e. The van der Waals surface area contributed by atoms with E-state index in [9.17, 15) is 14.4 Å². The van der Waals surface area contributed by atoms with Crippen LogP contribution in [0.3, 0.4) is 0 Å². The Morgan fingerprint density at radius 2 is 1.90 bits per heavy atom. The lowest BCUT2D eigenvalue weighted by Crippen LogP contribution is -2.43. The van der Waals surface area contributed by atoms with Crippen LogP contribution in [-0.2, 0) is 19.1 Å². The Kier molecular flexibility index (Phi) is 8.09. The van der Waals surface area contributed by atoms with Crippen LogP contribution in [0.1, 0.15) is 6.42 Å². The number of aliphatic carboxylic acids is 1. The highest BCUT2D eigenvalue weighted by Crippen LogP contribution is 2.05. The van der Waals surface area contributed by atoms with Gasteiger partial charge in [0.2, 0.25) is 11.8 Å². The minimum atomic E-state index is -1.19. The molecule has 0 bridgehead atoms. The number of thioether (sulfide) groups is 1. The summed E-state index contributed by atoms with van der Waals surface area (Å²) in [6.45, 7) is 1.85. The number of morpholine rings is 1. The van der Waals surface area contributed by atoms with Gasteiger partial charge in [0.25, 0.3) is 0 Å². The molecule has 1 aliphatic heterocycles. The van der Waals surface area contributed by atoms with Crippen LogP contribution in [0.15, 0.2) is 0 Å². The van der Waals surface area contributed by atoms with Crippen molar-refractivity contribution < 1.29 is 29.3 Å². The standard InChI is InChI=1S/C12H20N2O6S/c15-4-1-9(12(18)19)13-10(16)7-21-8-11(17)14-2-5-20-6-3-14/h9,15H,1-8H2,(H,13,16)(H,18,19)/t9-/m0/s1. The van der Waals surface area contributed by atoms with Crippen LogP contribution in [-0.4, -0.2) is 83.4 Å². The van der Waals surface area contributed by atoms with Crippen LogP contribution in [0.25, 0.3) is 0 Å². The molecule has 1 atom stereocenters. The van der Waals surface area contributed by atoms with E-state index < -0.39 is 17.9 Å². The van der Waals surface area contributed by atoms with Crippen LogP contribution in [0.2, 0.25) is 0 Å². The number of amides is 2. The zero-order valence-corrected chi connectivity index (χ0v) is 12.4. The summed E-state index contributed by atoms with van der Waals surface area (Å²) in [4.78, 5) is 35.9. The lowest BCUT2D eigenvalue weighted by molar-refractivity contribution is -0.142. The predicted octanol–water partition coefficient (Wildman–Crippen LogP) is -1.47. The van der Waals surface area contributed by atoms with Crippen molar-refractivity contribution in [2.75, 3.05) is 44.4 Å². The van der Waals surface area contributed by atoms with Crippen LogP contribution in [0, 0.1) is 0 Å². The molecule has 21 heavy (non-hydrogen) atoms. The van der Waals surface area contributed by atoms with E-state index in [-0.39, 0.29) is 30.4 Å². The van der Waals surface area contributed by atoms with E-state index >= 15 is 0 Å². The first kappa shape index (κ1) is 17.7. The number of carbonyl (C=O) groups is 3. The zero-order chi connectivity index (χ0) is 15.7. The van der Waals surface area contributed by atoms with Crippen molar-refractivity contribution >= 4 is 29.5 Å². The third-order valence-electron chi connectivity index (χ3n) is 2.87. The van der Waals surface area contributed by atoms with E-state index in [1.54, 1.807) is 4.90 Å². The zero-order valence-electron chi connectivity index (χ0n) is 11.6. The summed E-state index contributed by atoms with van der Waals surface area (Å²) in [5, 5.41) is 19.8. The lowest BCUT2D eigenvalue weighted by Gasteiger charge is -2.26. The number of carbonyl (C=O) groups excluding carboxylic acids is 2. The second-order valence-electron chi connectivity index (χ2n) is 4.46. The molecular weight excluding hydrogens is 300 g/mol. The molecule has 1 saturated heterocycles. The van der Waals surface area contributed by atoms with E-state index in [4.69, 9.17) is 14.9 Å². The quantitative estimate of drug-likeness (QED) is 0.500. The van der Waals surface area contributed by atoms with Crippen molar-refractivity contribution in [3.63, 3.8) is 0 Å². The summed E-state index contributed by atoms with van der Waals surface area (Å²) >= 11 is 1.14. The van der Waals surface area contributed by atoms with Crippen LogP contribution in [0.5, 0.6) is 0 Å². The van der Waals surface area contributed by atoms with E-state index in [2.05, 4.69) is 5.32 Å². The molecule has 0 unspecified atom stereocenters. The summed E-state index contributed by atoms with van der Waals surface area (Å²) < 4.78 is 5.14. The molecule has 0 saturated carbocycles. The fraction of sp³-hybridized carbons (Fsp3) is 0.750. The summed E-state index contributed by atoms with van der Waals surface area (Å²) in [6, 6.07) is -1.10. The van der Waals surface area contributed by atoms with Crippen molar-refractivity contribution in [2.45, 2.75) is 12.5 Å². The first-order chi connectivity index (χ1) is 10.0. The smallest absolute Gasteiger partial charge is 0.326 e. The molecule has 0 spiro atoms. The van der Waals surface area contributed by atoms with Crippen LogP contribution in [0.4, 0.5) is 0 Å². The van der Waals surface area contributed by atoms with Gasteiger partial charge in [0.05, 0.1) is 24.7 Å². The molecule has 1 rings (SSSR count). The van der Waals surface area contributed by atoms with Crippen LogP contribution >= 0.6 is 11.8 Å². The van der Waals surface area contributed by atoms with Gasteiger partial charge in [0, 0.05) is 26.1 Å². The van der Waals surface area contributed by atoms with E-state index in [0.717, 1.165) is 11.8 Å². The molecule has 0 aromatic carbocycles. The third kappa shape index (κ3) is 6.78. The monoisotopic (exact) mass is 320 g/mol. The molecule has 0 aromatic rings. The molecular formula is C12H20N2O6S. The summed E-state index contributed by atoms with van der Waals surface area (Å²) in [5.74, 6) is -1.53. The topological polar surface area (TPSA) is 116 Å². The van der Waals surface area contributed by atoms with Gasteiger partial charge in [-0.25, -0.2) is 4.79 Å². The molecule has 120 valence electrons. The Balaban J connectivity index is 2.22. The van der Waals surface area contributed by atoms with Crippen molar-refractivity contribution in [2.24, 2.45) is 0 Å². The van der Waals surface area contributed by atoms with Gasteiger partial charge in [0.1, 0.15) is 6.04 Å². The van der Waals surface area contributed by atoms with Gasteiger partial charge in [-0.2, -0.15) is 0 Å². The summed E-state index contributed by atoms with van der Waals surface area (Å²) in [6.07, 6.45) is -0.0432. The molecule has 8 nitrogen and oxygen atoms in total. The highest BCUT2D eigenvalue weighted by molar-refractivity contribution is 8.00. The molecule has 1 aliphatic rings. The summed E-state index contributed by atoms with van der Waals surface area (Å²) in [7, 11) is 0. The van der Waals surface area contributed by atoms with E-state index in [1.807, 2.05) is 0 Å². The summed E-state index contributed by atoms with van der Waals surface area (Å²) in [5.41, 5.74) is 0. The molecule has 0 radical (unpaired) electrons. The Labute approximate surface area is 126 Å². The Morgan fingerprint density at radius 3 is 2.48 bits per heavy atom. The van der Waals surface area contributed by atoms with Gasteiger partial charge in [-0.05, 0) is 0 Å². The van der Waals surface area contributed by atoms with Crippen molar-refractivity contribution in [1.82, 2.24) is 10.2 Å². The molecule has 1 fully saturated rings. The molecule has 0 aliphatic carbocycles. The number of hydrogen-bond donors (Lipinski definition) is 3. The number of nitrogens with one attached hydrogen (secondary N) is 1. The fourth-order valence-electron chi connectivity index (χ4n) is 1.76. The molecule has 0 aromatic heterocycles. The Bertz CT molecular complexity index is 373. The Hall–Kier alpha value is -1.32. The normalized spacial score (nSPS) is 16.3. The predicted molar refractivity (Wildman–Crippen MR) is 76.0 cm³/mol. The van der Waals surface area contributed by atoms with Gasteiger partial charge in [0.15, 0.2) is 0 Å². The van der Waals surface area contributed by atoms with Crippen molar-refractivity contribution in [1.29, 1.82) is 0 Å². The molecule has 9 heteroatoms. The molecule has 2 amide bonds. The number of aliphatic hydroxyl groups excluding tert-OH is 1. The van der Waals surface area contributed by atoms with Crippen molar-refractivity contribution in [3.05, 3.63) is 0 Å². The highest BCUT2D eigenvalue weighted by atomic mass is 32.2. The number of nitrogens with zero attached hydrogens (tertiary/aromatic N) is 1. The minimum Gasteiger partial charge on any atom is -0.480 e. The number of ether oxygens (including phenoxy) is 1. The molecule has 1 heterocycles. The first-order valence-electron chi connectivity index (χ1n) is 6.61. The number of carboxylic acid groups (broad SMARTS) is 1. The van der Waals surface area contributed by atoms with E-state index in [1.165, 1.54) is 0 Å². The maximum absolute atomic E-state index is 11.8. The Morgan fingerprint density at radius 1 is 1.24 bits per heavy atom. The average molecular weight is 320 g/mol. The van der Waals surface area contributed by atoms with Crippen LogP contribution < -0.4 is 5.32 Å². The number of hydrogen-bond acceptors (Lipinski definition) is 6. The van der Waals surface area contributed by atoms with E-state index in [0.29, 0.717) is 26.3 Å². The van der Waals surface area contributed by atoms with Crippen molar-refractivity contribution in [3.8, 4) is 0 Å². The second-order valence-corrected chi connectivity index (χ2v) is 5.44. The highest BCUT2D eigenvalue weighted by Gasteiger charge is 2.20. The van der Waals surface area contributed by atoms with Gasteiger partial charge in [-0.1, -0.05) is 0 Å². The minimum absolute atomic E-state index is 0.00525. The molecule has 3 N–H and O–H groups in total. The SMILES string of the molecule is O=C(CSCC(=O)N1CCOCC1)N[C@@H](CCO)C(=O)O. The third-order valence-corrected chi connectivity index (χ3v) is 3.79. The maximum atomic E-state index is 11.8. The number of aliphatic hydroxyl groups is 1. The first-order valence-corrected chi connectivity index (χ1v) is 7.76. The van der Waals surface area contributed by atoms with Gasteiger partial charge in [-0.3, -0.25) is 9.59 Å². The van der Waals surface area contributed by atoms with Gasteiger partial charge < -0.3 is 25.2 Å². The number of carboxylic acids is 1. The largest absolute Gasteiger partial charge is 0.480 e. The van der Waals surface area contributed by atoms with Gasteiger partial charge in [-0.15, -0.1) is 11.8 Å².